The molecule has 0 spiro atoms. The molecule has 0 aromatic carbocycles. The summed E-state index contributed by atoms with van der Waals surface area (Å²) in [6.45, 7) is 6.96. The highest BCUT2D eigenvalue weighted by Gasteiger charge is 2.41. The number of carboxylic acid groups (broad SMARTS) is 1. The van der Waals surface area contributed by atoms with E-state index < -0.39 is 11.4 Å². The summed E-state index contributed by atoms with van der Waals surface area (Å²) >= 11 is 0. The monoisotopic (exact) mass is 267 g/mol. The highest BCUT2D eigenvalue weighted by molar-refractivity contribution is 5.93. The number of carboxylic acids is 1. The second-order valence-corrected chi connectivity index (χ2v) is 5.42. The Morgan fingerprint density at radius 3 is 2.26 bits per heavy atom. The molecular weight excluding hydrogens is 242 g/mol. The summed E-state index contributed by atoms with van der Waals surface area (Å²) < 4.78 is 0. The molecule has 0 bridgehead atoms. The van der Waals surface area contributed by atoms with E-state index in [9.17, 15) is 14.7 Å². The predicted molar refractivity (Wildman–Crippen MR) is 74.8 cm³/mol. The molecule has 0 radical (unpaired) electrons. The fraction of sp³-hybridized carbons (Fsp3) is 0.733. The molecule has 19 heavy (non-hydrogen) atoms. The molecule has 1 heterocycles. The van der Waals surface area contributed by atoms with Gasteiger partial charge in [-0.25, -0.2) is 0 Å². The Bertz CT molecular complexity index is 366. The Labute approximate surface area is 115 Å². The molecular formula is C15H25NO3. The molecule has 1 amide bonds. The molecule has 0 saturated carbocycles. The minimum Gasteiger partial charge on any atom is -0.481 e. The summed E-state index contributed by atoms with van der Waals surface area (Å²) in [4.78, 5) is 25.4. The average molecular weight is 267 g/mol. The summed E-state index contributed by atoms with van der Waals surface area (Å²) in [5.74, 6) is -0.653. The number of rotatable bonds is 5. The highest BCUT2D eigenvalue weighted by Crippen LogP contribution is 2.36. The van der Waals surface area contributed by atoms with Crippen LogP contribution in [0.15, 0.2) is 11.6 Å². The molecule has 0 atom stereocenters. The van der Waals surface area contributed by atoms with E-state index >= 15 is 0 Å². The van der Waals surface area contributed by atoms with E-state index in [0.29, 0.717) is 32.4 Å². The number of allylic oxidation sites excluding steroid dienone is 1. The first-order valence-corrected chi connectivity index (χ1v) is 7.16. The van der Waals surface area contributed by atoms with Crippen molar-refractivity contribution in [3.63, 3.8) is 0 Å². The van der Waals surface area contributed by atoms with Gasteiger partial charge in [0.2, 0.25) is 5.91 Å². The van der Waals surface area contributed by atoms with Crippen molar-refractivity contribution in [2.24, 2.45) is 5.41 Å². The summed E-state index contributed by atoms with van der Waals surface area (Å²) in [5.41, 5.74) is 0.147. The Morgan fingerprint density at radius 2 is 1.84 bits per heavy atom. The lowest BCUT2D eigenvalue weighted by atomic mass is 9.75. The molecule has 4 nitrogen and oxygen atoms in total. The standard InChI is InChI=1S/C15H25NO3/c1-4-6-12(3)13(17)16-10-8-15(7-5-2,9-11-16)14(18)19/h6H,4-5,7-11H2,1-3H3,(H,18,19). The van der Waals surface area contributed by atoms with Crippen molar-refractivity contribution >= 4 is 11.9 Å². The van der Waals surface area contributed by atoms with Crippen LogP contribution in [0.2, 0.25) is 0 Å². The normalized spacial score (nSPS) is 19.3. The van der Waals surface area contributed by atoms with E-state index in [0.717, 1.165) is 18.4 Å². The number of hydrogen-bond acceptors (Lipinski definition) is 2. The predicted octanol–water partition coefficient (Wildman–Crippen LogP) is 2.84. The highest BCUT2D eigenvalue weighted by atomic mass is 16.4. The Balaban J connectivity index is 2.68. The van der Waals surface area contributed by atoms with Crippen LogP contribution in [0, 0.1) is 5.41 Å². The third kappa shape index (κ3) is 3.58. The topological polar surface area (TPSA) is 57.6 Å². The fourth-order valence-corrected chi connectivity index (χ4v) is 2.83. The van der Waals surface area contributed by atoms with E-state index in [4.69, 9.17) is 0 Å². The third-order valence-corrected chi connectivity index (χ3v) is 4.04. The maximum Gasteiger partial charge on any atom is 0.309 e. The van der Waals surface area contributed by atoms with Crippen molar-refractivity contribution < 1.29 is 14.7 Å². The van der Waals surface area contributed by atoms with Crippen LogP contribution in [-0.2, 0) is 9.59 Å². The number of piperidine rings is 1. The fourth-order valence-electron chi connectivity index (χ4n) is 2.83. The van der Waals surface area contributed by atoms with Gasteiger partial charge < -0.3 is 10.0 Å². The first kappa shape index (κ1) is 15.7. The molecule has 0 aromatic rings. The van der Waals surface area contributed by atoms with Crippen molar-refractivity contribution in [3.05, 3.63) is 11.6 Å². The smallest absolute Gasteiger partial charge is 0.309 e. The molecule has 0 aliphatic carbocycles. The molecule has 1 aliphatic heterocycles. The number of carbonyl (C=O) groups is 2. The van der Waals surface area contributed by atoms with Crippen LogP contribution in [0.5, 0.6) is 0 Å². The zero-order valence-electron chi connectivity index (χ0n) is 12.2. The average Bonchev–Trinajstić information content (AvgIpc) is 2.39. The quantitative estimate of drug-likeness (QED) is 0.779. The number of likely N-dealkylation sites (tertiary alicyclic amines) is 1. The number of nitrogens with zero attached hydrogens (tertiary/aromatic N) is 1. The van der Waals surface area contributed by atoms with Gasteiger partial charge in [0.05, 0.1) is 5.41 Å². The second-order valence-electron chi connectivity index (χ2n) is 5.42. The maximum absolute atomic E-state index is 12.1. The molecule has 1 saturated heterocycles. The van der Waals surface area contributed by atoms with Gasteiger partial charge in [0.25, 0.3) is 0 Å². The Morgan fingerprint density at radius 1 is 1.26 bits per heavy atom. The lowest BCUT2D eigenvalue weighted by molar-refractivity contribution is -0.154. The van der Waals surface area contributed by atoms with Crippen molar-refractivity contribution in [2.45, 2.75) is 52.9 Å². The van der Waals surface area contributed by atoms with E-state index in [2.05, 4.69) is 0 Å². The Kier molecular flexibility index (Phi) is 5.58. The van der Waals surface area contributed by atoms with Crippen LogP contribution >= 0.6 is 0 Å². The van der Waals surface area contributed by atoms with Crippen LogP contribution in [0.3, 0.4) is 0 Å². The SMILES string of the molecule is CCC=C(C)C(=O)N1CCC(CCC)(C(=O)O)CC1. The van der Waals surface area contributed by atoms with Crippen molar-refractivity contribution in [1.29, 1.82) is 0 Å². The van der Waals surface area contributed by atoms with Crippen LogP contribution in [0.4, 0.5) is 0 Å². The van der Waals surface area contributed by atoms with E-state index in [1.807, 2.05) is 26.8 Å². The summed E-state index contributed by atoms with van der Waals surface area (Å²) in [6, 6.07) is 0. The van der Waals surface area contributed by atoms with Crippen molar-refractivity contribution in [2.75, 3.05) is 13.1 Å². The number of hydrogen-bond donors (Lipinski definition) is 1. The minimum absolute atomic E-state index is 0.0531. The number of amides is 1. The first-order chi connectivity index (χ1) is 8.96. The largest absolute Gasteiger partial charge is 0.481 e. The summed E-state index contributed by atoms with van der Waals surface area (Å²) in [7, 11) is 0. The van der Waals surface area contributed by atoms with Crippen LogP contribution in [0.1, 0.15) is 52.9 Å². The zero-order valence-corrected chi connectivity index (χ0v) is 12.2. The molecule has 108 valence electrons. The second kappa shape index (κ2) is 6.73. The van der Waals surface area contributed by atoms with E-state index in [-0.39, 0.29) is 5.91 Å². The van der Waals surface area contributed by atoms with Gasteiger partial charge >= 0.3 is 5.97 Å². The molecule has 4 heteroatoms. The molecule has 1 rings (SSSR count). The van der Waals surface area contributed by atoms with Crippen molar-refractivity contribution in [1.82, 2.24) is 4.90 Å². The minimum atomic E-state index is -0.706. The van der Waals surface area contributed by atoms with Gasteiger partial charge in [0.1, 0.15) is 0 Å². The summed E-state index contributed by atoms with van der Waals surface area (Å²) in [6.07, 6.45) is 5.49. The van der Waals surface area contributed by atoms with Gasteiger partial charge in [-0.15, -0.1) is 0 Å². The van der Waals surface area contributed by atoms with Gasteiger partial charge in [0, 0.05) is 18.7 Å². The Hall–Kier alpha value is -1.32. The lowest BCUT2D eigenvalue weighted by Gasteiger charge is -2.39. The molecule has 0 unspecified atom stereocenters. The van der Waals surface area contributed by atoms with Gasteiger partial charge in [-0.1, -0.05) is 26.3 Å². The van der Waals surface area contributed by atoms with Crippen LogP contribution in [0.25, 0.3) is 0 Å². The third-order valence-electron chi connectivity index (χ3n) is 4.04. The molecule has 1 N–H and O–H groups in total. The van der Waals surface area contributed by atoms with Gasteiger partial charge in [-0.05, 0) is 32.6 Å². The van der Waals surface area contributed by atoms with E-state index in [1.165, 1.54) is 0 Å². The lowest BCUT2D eigenvalue weighted by Crippen LogP contribution is -2.46. The molecule has 1 fully saturated rings. The summed E-state index contributed by atoms with van der Waals surface area (Å²) in [5, 5.41) is 9.42. The van der Waals surface area contributed by atoms with Gasteiger partial charge in [-0.3, -0.25) is 9.59 Å². The maximum atomic E-state index is 12.1. The molecule has 1 aliphatic rings. The zero-order chi connectivity index (χ0) is 14.5. The number of aliphatic carboxylic acids is 1. The van der Waals surface area contributed by atoms with Gasteiger partial charge in [-0.2, -0.15) is 0 Å². The van der Waals surface area contributed by atoms with E-state index in [1.54, 1.807) is 4.90 Å². The van der Waals surface area contributed by atoms with Crippen LogP contribution in [-0.4, -0.2) is 35.0 Å². The van der Waals surface area contributed by atoms with Crippen LogP contribution < -0.4 is 0 Å². The van der Waals surface area contributed by atoms with Crippen molar-refractivity contribution in [3.8, 4) is 0 Å². The number of carbonyl (C=O) groups excluding carboxylic acids is 1. The first-order valence-electron chi connectivity index (χ1n) is 7.16. The van der Waals surface area contributed by atoms with Gasteiger partial charge in [0.15, 0.2) is 0 Å². The molecule has 0 aromatic heterocycles.